The lowest BCUT2D eigenvalue weighted by atomic mass is 10.1. The van der Waals surface area contributed by atoms with Crippen LogP contribution in [0.15, 0.2) is 53.9 Å². The van der Waals surface area contributed by atoms with Gasteiger partial charge in [-0.25, -0.2) is 0 Å². The topological polar surface area (TPSA) is 41.1 Å². The molecule has 0 saturated heterocycles. The molecule has 1 unspecified atom stereocenters. The molecule has 1 atom stereocenters. The Kier molecular flexibility index (Phi) is 2.64. The minimum absolute atomic E-state index is 0.133. The molecule has 18 heavy (non-hydrogen) atoms. The first-order valence-electron chi connectivity index (χ1n) is 5.65. The quantitative estimate of drug-likeness (QED) is 0.768. The Balaban J connectivity index is 2.06. The summed E-state index contributed by atoms with van der Waals surface area (Å²) in [5.41, 5.74) is 2.25. The van der Waals surface area contributed by atoms with Gasteiger partial charge in [0.2, 0.25) is 0 Å². The Hall–Kier alpha value is -2.07. The van der Waals surface area contributed by atoms with Crippen molar-refractivity contribution in [2.75, 3.05) is 10.6 Å². The van der Waals surface area contributed by atoms with Gasteiger partial charge in [-0.05, 0) is 23.6 Å². The Morgan fingerprint density at radius 3 is 2.61 bits per heavy atom. The molecule has 0 fully saturated rings. The van der Waals surface area contributed by atoms with Gasteiger partial charge in [0.05, 0.1) is 17.4 Å². The zero-order valence-electron chi connectivity index (χ0n) is 9.64. The van der Waals surface area contributed by atoms with Crippen molar-refractivity contribution in [2.45, 2.75) is 6.04 Å². The van der Waals surface area contributed by atoms with E-state index in [1.54, 1.807) is 11.3 Å². The second-order valence-electron chi connectivity index (χ2n) is 4.12. The van der Waals surface area contributed by atoms with Crippen molar-refractivity contribution in [1.29, 1.82) is 0 Å². The summed E-state index contributed by atoms with van der Waals surface area (Å²) in [6.07, 6.45) is 0. The number of carbonyl (C=O) groups excluding carboxylic acids is 1. The minimum atomic E-state index is -0.159. The molecular weight excluding hydrogens is 244 g/mol. The summed E-state index contributed by atoms with van der Waals surface area (Å²) in [5, 5.41) is 8.24. The Labute approximate surface area is 109 Å². The highest BCUT2D eigenvalue weighted by atomic mass is 32.1. The molecule has 2 N–H and O–H groups in total. The number of fused-ring (bicyclic) bond motifs is 1. The lowest BCUT2D eigenvalue weighted by molar-refractivity contribution is -0.113. The Bertz CT molecular complexity index is 604. The van der Waals surface area contributed by atoms with E-state index in [2.05, 4.69) is 17.2 Å². The highest BCUT2D eigenvalue weighted by Gasteiger charge is 2.26. The van der Waals surface area contributed by atoms with Gasteiger partial charge < -0.3 is 10.6 Å². The fourth-order valence-electron chi connectivity index (χ4n) is 1.99. The minimum Gasteiger partial charge on any atom is -0.372 e. The molecule has 1 aromatic carbocycles. The second kappa shape index (κ2) is 4.31. The average molecular weight is 256 g/mol. The molecule has 3 rings (SSSR count). The summed E-state index contributed by atoms with van der Waals surface area (Å²) in [7, 11) is 0. The van der Waals surface area contributed by atoms with Crippen LogP contribution in [0.4, 0.5) is 11.4 Å². The van der Waals surface area contributed by atoms with Gasteiger partial charge in [-0.15, -0.1) is 11.3 Å². The van der Waals surface area contributed by atoms with Gasteiger partial charge in [0.25, 0.3) is 5.91 Å². The van der Waals surface area contributed by atoms with Crippen LogP contribution in [-0.2, 0) is 4.79 Å². The van der Waals surface area contributed by atoms with Gasteiger partial charge in [0.15, 0.2) is 0 Å². The molecule has 2 aromatic rings. The number of rotatable bonds is 1. The van der Waals surface area contributed by atoms with E-state index >= 15 is 0 Å². The highest BCUT2D eigenvalue weighted by molar-refractivity contribution is 7.10. The summed E-state index contributed by atoms with van der Waals surface area (Å²) >= 11 is 1.62. The highest BCUT2D eigenvalue weighted by Crippen LogP contribution is 2.35. The van der Waals surface area contributed by atoms with Gasteiger partial charge in [-0.3, -0.25) is 4.79 Å². The number of amides is 1. The molecule has 0 spiro atoms. The molecular formula is C14H12N2OS. The van der Waals surface area contributed by atoms with Crippen LogP contribution < -0.4 is 10.6 Å². The lowest BCUT2D eigenvalue weighted by Gasteiger charge is -2.16. The number of hydrogen-bond donors (Lipinski definition) is 2. The smallest absolute Gasteiger partial charge is 0.253 e. The monoisotopic (exact) mass is 256 g/mol. The summed E-state index contributed by atoms with van der Waals surface area (Å²) in [5.74, 6) is -0.133. The first-order chi connectivity index (χ1) is 8.75. The molecule has 3 nitrogen and oxygen atoms in total. The SMILES string of the molecule is C=C1C(=O)Nc2ccccc2NC1c1cccs1. The van der Waals surface area contributed by atoms with Crippen molar-refractivity contribution >= 4 is 28.6 Å². The Morgan fingerprint density at radius 1 is 1.11 bits per heavy atom. The molecule has 4 heteroatoms. The van der Waals surface area contributed by atoms with Crippen molar-refractivity contribution in [3.8, 4) is 0 Å². The van der Waals surface area contributed by atoms with Crippen LogP contribution in [0.2, 0.25) is 0 Å². The van der Waals surface area contributed by atoms with E-state index in [1.807, 2.05) is 41.8 Å². The Morgan fingerprint density at radius 2 is 1.89 bits per heavy atom. The largest absolute Gasteiger partial charge is 0.372 e. The van der Waals surface area contributed by atoms with E-state index in [0.29, 0.717) is 5.57 Å². The van der Waals surface area contributed by atoms with Crippen LogP contribution in [0, 0.1) is 0 Å². The van der Waals surface area contributed by atoms with E-state index in [1.165, 1.54) is 0 Å². The van der Waals surface area contributed by atoms with Crippen LogP contribution >= 0.6 is 11.3 Å². The standard InChI is InChI=1S/C14H12N2OS/c1-9-13(12-7-4-8-18-12)15-10-5-2-3-6-11(10)16-14(9)17/h2-8,13,15H,1H2,(H,16,17). The second-order valence-corrected chi connectivity index (χ2v) is 5.10. The molecule has 0 saturated carbocycles. The zero-order valence-corrected chi connectivity index (χ0v) is 10.5. The summed E-state index contributed by atoms with van der Waals surface area (Å²) < 4.78 is 0. The molecule has 1 aromatic heterocycles. The van der Waals surface area contributed by atoms with Crippen LogP contribution in [0.5, 0.6) is 0 Å². The van der Waals surface area contributed by atoms with Gasteiger partial charge in [-0.2, -0.15) is 0 Å². The maximum atomic E-state index is 12.0. The first-order valence-corrected chi connectivity index (χ1v) is 6.53. The summed E-state index contributed by atoms with van der Waals surface area (Å²) in [4.78, 5) is 13.1. The van der Waals surface area contributed by atoms with E-state index in [0.717, 1.165) is 16.3 Å². The van der Waals surface area contributed by atoms with Crippen molar-refractivity contribution in [3.05, 3.63) is 58.8 Å². The fraction of sp³-hybridized carbons (Fsp3) is 0.0714. The predicted molar refractivity (Wildman–Crippen MR) is 74.9 cm³/mol. The van der Waals surface area contributed by atoms with E-state index in [9.17, 15) is 4.79 Å². The third-order valence-electron chi connectivity index (χ3n) is 2.94. The fourth-order valence-corrected chi connectivity index (χ4v) is 2.80. The lowest BCUT2D eigenvalue weighted by Crippen LogP contribution is -2.18. The maximum absolute atomic E-state index is 12.0. The molecule has 90 valence electrons. The normalized spacial score (nSPS) is 18.6. The first kappa shape index (κ1) is 11.0. The summed E-state index contributed by atoms with van der Waals surface area (Å²) in [6, 6.07) is 11.5. The van der Waals surface area contributed by atoms with Crippen molar-refractivity contribution in [1.82, 2.24) is 0 Å². The number of anilines is 2. The number of thiophene rings is 1. The van der Waals surface area contributed by atoms with Crippen molar-refractivity contribution < 1.29 is 4.79 Å². The van der Waals surface area contributed by atoms with Gasteiger partial charge >= 0.3 is 0 Å². The molecule has 1 aliphatic heterocycles. The molecule has 0 radical (unpaired) electrons. The van der Waals surface area contributed by atoms with Crippen LogP contribution in [0.3, 0.4) is 0 Å². The number of carbonyl (C=O) groups is 1. The predicted octanol–water partition coefficient (Wildman–Crippen LogP) is 3.41. The van der Waals surface area contributed by atoms with Crippen LogP contribution in [0.25, 0.3) is 0 Å². The van der Waals surface area contributed by atoms with Gasteiger partial charge in [-0.1, -0.05) is 24.8 Å². The van der Waals surface area contributed by atoms with E-state index in [-0.39, 0.29) is 11.9 Å². The zero-order chi connectivity index (χ0) is 12.5. The van der Waals surface area contributed by atoms with Crippen LogP contribution in [-0.4, -0.2) is 5.91 Å². The molecule has 1 aliphatic rings. The van der Waals surface area contributed by atoms with Crippen molar-refractivity contribution in [2.24, 2.45) is 0 Å². The maximum Gasteiger partial charge on any atom is 0.253 e. The van der Waals surface area contributed by atoms with Crippen LogP contribution in [0.1, 0.15) is 10.9 Å². The van der Waals surface area contributed by atoms with Gasteiger partial charge in [0.1, 0.15) is 0 Å². The molecule has 0 aliphatic carbocycles. The number of benzene rings is 1. The number of para-hydroxylation sites is 2. The average Bonchev–Trinajstić information content (AvgIpc) is 2.86. The third kappa shape index (κ3) is 1.80. The molecule has 0 bridgehead atoms. The van der Waals surface area contributed by atoms with E-state index in [4.69, 9.17) is 0 Å². The number of hydrogen-bond acceptors (Lipinski definition) is 3. The molecule has 2 heterocycles. The van der Waals surface area contributed by atoms with E-state index < -0.39 is 0 Å². The molecule has 1 amide bonds. The van der Waals surface area contributed by atoms with Gasteiger partial charge in [0, 0.05) is 10.5 Å². The third-order valence-corrected chi connectivity index (χ3v) is 3.88. The summed E-state index contributed by atoms with van der Waals surface area (Å²) in [6.45, 7) is 3.91. The van der Waals surface area contributed by atoms with Crippen molar-refractivity contribution in [3.63, 3.8) is 0 Å². The number of nitrogens with one attached hydrogen (secondary N) is 2.